The van der Waals surface area contributed by atoms with Gasteiger partial charge in [-0.15, -0.1) is 0 Å². The molecule has 13 heavy (non-hydrogen) atoms. The van der Waals surface area contributed by atoms with Crippen molar-refractivity contribution in [3.05, 3.63) is 23.3 Å². The van der Waals surface area contributed by atoms with Gasteiger partial charge in [-0.3, -0.25) is 0 Å². The molecule has 72 valence electrons. The van der Waals surface area contributed by atoms with E-state index in [9.17, 15) is 4.39 Å². The van der Waals surface area contributed by atoms with Gasteiger partial charge in [-0.2, -0.15) is 0 Å². The molecule has 0 bridgehead atoms. The van der Waals surface area contributed by atoms with Gasteiger partial charge in [0.15, 0.2) is 11.5 Å². The van der Waals surface area contributed by atoms with Crippen LogP contribution in [-0.2, 0) is 0 Å². The molecule has 3 heteroatoms. The van der Waals surface area contributed by atoms with Gasteiger partial charge in [-0.1, -0.05) is 6.07 Å². The average Bonchev–Trinajstić information content (AvgIpc) is 2.09. The summed E-state index contributed by atoms with van der Waals surface area (Å²) in [5.74, 6) is 1.06. The summed E-state index contributed by atoms with van der Waals surface area (Å²) in [5.41, 5.74) is 1.95. The molecule has 0 saturated heterocycles. The van der Waals surface area contributed by atoms with Crippen molar-refractivity contribution in [2.45, 2.75) is 13.8 Å². The van der Waals surface area contributed by atoms with E-state index in [1.165, 1.54) is 0 Å². The van der Waals surface area contributed by atoms with Crippen LogP contribution in [0.5, 0.6) is 11.5 Å². The Balaban J connectivity index is 3.13. The molecule has 0 fully saturated rings. The Kier molecular flexibility index (Phi) is 3.12. The zero-order valence-corrected chi connectivity index (χ0v) is 8.06. The van der Waals surface area contributed by atoms with Gasteiger partial charge >= 0.3 is 0 Å². The number of aryl methyl sites for hydroxylation is 2. The number of hydrogen-bond acceptors (Lipinski definition) is 2. The second-order valence-corrected chi connectivity index (χ2v) is 2.87. The number of ether oxygens (including phenoxy) is 2. The highest BCUT2D eigenvalue weighted by atomic mass is 19.1. The van der Waals surface area contributed by atoms with Gasteiger partial charge in [0, 0.05) is 0 Å². The van der Waals surface area contributed by atoms with E-state index in [0.29, 0.717) is 11.5 Å². The Hall–Kier alpha value is -1.25. The Morgan fingerprint density at radius 3 is 2.54 bits per heavy atom. The van der Waals surface area contributed by atoms with E-state index in [4.69, 9.17) is 9.47 Å². The van der Waals surface area contributed by atoms with Crippen LogP contribution in [0.1, 0.15) is 11.1 Å². The van der Waals surface area contributed by atoms with E-state index in [1.54, 1.807) is 7.11 Å². The molecule has 0 aliphatic rings. The third-order valence-corrected chi connectivity index (χ3v) is 1.80. The maximum absolute atomic E-state index is 12.0. The molecule has 0 atom stereocenters. The standard InChI is InChI=1S/C10H13FO2/c1-7-4-8(2)10(13-6-11)9(5-7)12-3/h4-5H,6H2,1-3H3. The summed E-state index contributed by atoms with van der Waals surface area (Å²) >= 11 is 0. The number of methoxy groups -OCH3 is 1. The summed E-state index contributed by atoms with van der Waals surface area (Å²) in [6.07, 6.45) is 0. The molecule has 0 aliphatic carbocycles. The van der Waals surface area contributed by atoms with E-state index in [-0.39, 0.29) is 0 Å². The fraction of sp³-hybridized carbons (Fsp3) is 0.400. The van der Waals surface area contributed by atoms with Gasteiger partial charge in [0.25, 0.3) is 0 Å². The molecule has 1 aromatic rings. The van der Waals surface area contributed by atoms with Crippen LogP contribution in [0.15, 0.2) is 12.1 Å². The number of hydrogen-bond donors (Lipinski definition) is 0. The van der Waals surface area contributed by atoms with Crippen molar-refractivity contribution in [3.63, 3.8) is 0 Å². The lowest BCUT2D eigenvalue weighted by molar-refractivity contribution is 0.183. The van der Waals surface area contributed by atoms with Crippen molar-refractivity contribution in [2.75, 3.05) is 14.0 Å². The summed E-state index contributed by atoms with van der Waals surface area (Å²) in [6.45, 7) is 2.98. The largest absolute Gasteiger partial charge is 0.493 e. The van der Waals surface area contributed by atoms with Crippen LogP contribution in [0.25, 0.3) is 0 Å². The molecule has 0 N–H and O–H groups in total. The quantitative estimate of drug-likeness (QED) is 0.718. The van der Waals surface area contributed by atoms with E-state index in [2.05, 4.69) is 0 Å². The molecule has 0 aromatic heterocycles. The molecule has 0 radical (unpaired) electrons. The summed E-state index contributed by atoms with van der Waals surface area (Å²) in [4.78, 5) is 0. The van der Waals surface area contributed by atoms with Crippen molar-refractivity contribution in [3.8, 4) is 11.5 Å². The second-order valence-electron chi connectivity index (χ2n) is 2.87. The fourth-order valence-corrected chi connectivity index (χ4v) is 1.31. The van der Waals surface area contributed by atoms with Crippen LogP contribution in [0.4, 0.5) is 4.39 Å². The van der Waals surface area contributed by atoms with E-state index in [1.807, 2.05) is 26.0 Å². The molecular weight excluding hydrogens is 171 g/mol. The molecule has 1 rings (SSSR count). The first-order chi connectivity index (χ1) is 6.19. The van der Waals surface area contributed by atoms with Crippen LogP contribution in [0.3, 0.4) is 0 Å². The normalized spacial score (nSPS) is 9.85. The molecule has 0 unspecified atom stereocenters. The molecule has 0 aliphatic heterocycles. The van der Waals surface area contributed by atoms with E-state index < -0.39 is 6.86 Å². The minimum Gasteiger partial charge on any atom is -0.493 e. The zero-order valence-electron chi connectivity index (χ0n) is 8.06. The number of rotatable bonds is 3. The van der Waals surface area contributed by atoms with Crippen LogP contribution in [-0.4, -0.2) is 14.0 Å². The SMILES string of the molecule is COc1cc(C)cc(C)c1OCF. The Morgan fingerprint density at radius 1 is 1.31 bits per heavy atom. The van der Waals surface area contributed by atoms with Gasteiger partial charge in [0.2, 0.25) is 6.86 Å². The zero-order chi connectivity index (χ0) is 9.84. The third kappa shape index (κ3) is 2.11. The molecule has 1 aromatic carbocycles. The maximum atomic E-state index is 12.0. The van der Waals surface area contributed by atoms with Crippen molar-refractivity contribution in [1.82, 2.24) is 0 Å². The first-order valence-corrected chi connectivity index (χ1v) is 4.03. The lowest BCUT2D eigenvalue weighted by atomic mass is 10.1. The fourth-order valence-electron chi connectivity index (χ4n) is 1.31. The van der Waals surface area contributed by atoms with Crippen LogP contribution < -0.4 is 9.47 Å². The lowest BCUT2D eigenvalue weighted by Crippen LogP contribution is -1.97. The van der Waals surface area contributed by atoms with Gasteiger partial charge in [0.1, 0.15) is 0 Å². The molecule has 2 nitrogen and oxygen atoms in total. The Morgan fingerprint density at radius 2 is 2.00 bits per heavy atom. The second kappa shape index (κ2) is 4.12. The van der Waals surface area contributed by atoms with Crippen molar-refractivity contribution >= 4 is 0 Å². The summed E-state index contributed by atoms with van der Waals surface area (Å²) < 4.78 is 21.9. The number of halogens is 1. The summed E-state index contributed by atoms with van der Waals surface area (Å²) in [5, 5.41) is 0. The topological polar surface area (TPSA) is 18.5 Å². The average molecular weight is 184 g/mol. The smallest absolute Gasteiger partial charge is 0.228 e. The number of benzene rings is 1. The van der Waals surface area contributed by atoms with Crippen LogP contribution in [0.2, 0.25) is 0 Å². The predicted octanol–water partition coefficient (Wildman–Crippen LogP) is 2.62. The molecule has 0 heterocycles. The minimum absolute atomic E-state index is 0.482. The highest BCUT2D eigenvalue weighted by Crippen LogP contribution is 2.31. The van der Waals surface area contributed by atoms with Gasteiger partial charge in [-0.25, -0.2) is 4.39 Å². The maximum Gasteiger partial charge on any atom is 0.228 e. The van der Waals surface area contributed by atoms with Crippen molar-refractivity contribution < 1.29 is 13.9 Å². The minimum atomic E-state index is -0.833. The first-order valence-electron chi connectivity index (χ1n) is 4.03. The van der Waals surface area contributed by atoms with Gasteiger partial charge in [-0.05, 0) is 31.0 Å². The molecular formula is C10H13FO2. The van der Waals surface area contributed by atoms with Crippen molar-refractivity contribution in [2.24, 2.45) is 0 Å². The van der Waals surface area contributed by atoms with E-state index in [0.717, 1.165) is 11.1 Å². The Labute approximate surface area is 77.3 Å². The Bertz CT molecular complexity index is 297. The molecule has 0 saturated carbocycles. The third-order valence-electron chi connectivity index (χ3n) is 1.80. The number of alkyl halides is 1. The molecule has 0 amide bonds. The van der Waals surface area contributed by atoms with Crippen LogP contribution >= 0.6 is 0 Å². The monoisotopic (exact) mass is 184 g/mol. The van der Waals surface area contributed by atoms with Gasteiger partial charge < -0.3 is 9.47 Å². The highest BCUT2D eigenvalue weighted by Gasteiger charge is 2.08. The molecule has 0 spiro atoms. The van der Waals surface area contributed by atoms with Crippen LogP contribution in [0, 0.1) is 13.8 Å². The van der Waals surface area contributed by atoms with E-state index >= 15 is 0 Å². The van der Waals surface area contributed by atoms with Gasteiger partial charge in [0.05, 0.1) is 7.11 Å². The predicted molar refractivity (Wildman–Crippen MR) is 49.1 cm³/mol. The summed E-state index contributed by atoms with van der Waals surface area (Å²) in [7, 11) is 1.54. The van der Waals surface area contributed by atoms with Crippen molar-refractivity contribution in [1.29, 1.82) is 0 Å². The highest BCUT2D eigenvalue weighted by molar-refractivity contribution is 5.48. The lowest BCUT2D eigenvalue weighted by Gasteiger charge is -2.11. The first kappa shape index (κ1) is 9.84. The summed E-state index contributed by atoms with van der Waals surface area (Å²) in [6, 6.07) is 3.74.